The molecule has 0 unspecified atom stereocenters. The molecule has 0 amide bonds. The number of benzene rings is 1. The molecule has 2 aromatic rings. The maximum absolute atomic E-state index is 11.4. The Hall–Kier alpha value is -1.97. The van der Waals surface area contributed by atoms with E-state index in [1.807, 2.05) is 0 Å². The molecule has 0 saturated heterocycles. The first-order valence-corrected chi connectivity index (χ1v) is 3.82. The molecular weight excluding hydrogens is 166 g/mol. The third-order valence-electron chi connectivity index (χ3n) is 1.77. The molecule has 0 atom stereocenters. The molecule has 4 heteroatoms. The van der Waals surface area contributed by atoms with Crippen LogP contribution in [0.5, 0.6) is 5.75 Å². The van der Waals surface area contributed by atoms with E-state index in [1.54, 1.807) is 35.4 Å². The monoisotopic (exact) mass is 174 g/mol. The second-order valence-electron chi connectivity index (χ2n) is 2.70. The smallest absolute Gasteiger partial charge is 0.202 e. The summed E-state index contributed by atoms with van der Waals surface area (Å²) in [5, 5.41) is 11.4. The van der Waals surface area contributed by atoms with Gasteiger partial charge in [-0.2, -0.15) is 0 Å². The molecule has 2 N–H and O–H groups in total. The topological polar surface area (TPSA) is 63.7 Å². The van der Waals surface area contributed by atoms with E-state index in [4.69, 9.17) is 5.73 Å². The van der Waals surface area contributed by atoms with Gasteiger partial charge in [0.1, 0.15) is 0 Å². The number of nitrogens with zero attached hydrogens (tertiary/aromatic N) is 2. The SMILES string of the molecule is Nc1ccc([O])c(-n2ccnc2)c1. The van der Waals surface area contributed by atoms with Crippen LogP contribution in [0.1, 0.15) is 0 Å². The normalized spacial score (nSPS) is 10.2. The van der Waals surface area contributed by atoms with E-state index in [9.17, 15) is 5.11 Å². The molecular formula is C9H8N3O. The third kappa shape index (κ3) is 1.33. The fourth-order valence-electron chi connectivity index (χ4n) is 1.14. The van der Waals surface area contributed by atoms with Gasteiger partial charge < -0.3 is 10.3 Å². The van der Waals surface area contributed by atoms with Gasteiger partial charge in [0, 0.05) is 18.1 Å². The average Bonchev–Trinajstić information content (AvgIpc) is 2.61. The lowest BCUT2D eigenvalue weighted by atomic mass is 10.2. The van der Waals surface area contributed by atoms with E-state index in [2.05, 4.69) is 4.98 Å². The molecule has 13 heavy (non-hydrogen) atoms. The number of aromatic nitrogens is 2. The van der Waals surface area contributed by atoms with Crippen molar-refractivity contribution in [2.24, 2.45) is 0 Å². The molecule has 1 radical (unpaired) electrons. The van der Waals surface area contributed by atoms with Crippen molar-refractivity contribution in [1.29, 1.82) is 0 Å². The first kappa shape index (κ1) is 7.67. The van der Waals surface area contributed by atoms with Crippen molar-refractivity contribution in [1.82, 2.24) is 9.55 Å². The van der Waals surface area contributed by atoms with Crippen molar-refractivity contribution in [2.75, 3.05) is 5.73 Å². The van der Waals surface area contributed by atoms with E-state index < -0.39 is 0 Å². The Morgan fingerprint density at radius 3 is 2.92 bits per heavy atom. The minimum absolute atomic E-state index is 0.0628. The van der Waals surface area contributed by atoms with Gasteiger partial charge in [0.15, 0.2) is 0 Å². The zero-order chi connectivity index (χ0) is 9.26. The number of nitrogens with two attached hydrogens (primary N) is 1. The van der Waals surface area contributed by atoms with Crippen LogP contribution in [-0.2, 0) is 5.11 Å². The van der Waals surface area contributed by atoms with E-state index in [0.717, 1.165) is 0 Å². The van der Waals surface area contributed by atoms with Crippen LogP contribution >= 0.6 is 0 Å². The van der Waals surface area contributed by atoms with E-state index in [-0.39, 0.29) is 5.75 Å². The van der Waals surface area contributed by atoms with Gasteiger partial charge in [-0.05, 0) is 18.2 Å². The number of rotatable bonds is 1. The van der Waals surface area contributed by atoms with E-state index in [1.165, 1.54) is 6.07 Å². The molecule has 0 aliphatic carbocycles. The zero-order valence-electron chi connectivity index (χ0n) is 6.84. The first-order chi connectivity index (χ1) is 6.27. The average molecular weight is 174 g/mol. The van der Waals surface area contributed by atoms with Crippen molar-refractivity contribution in [3.05, 3.63) is 36.9 Å². The molecule has 4 nitrogen and oxygen atoms in total. The lowest BCUT2D eigenvalue weighted by molar-refractivity contribution is 0.353. The van der Waals surface area contributed by atoms with Crippen molar-refractivity contribution < 1.29 is 5.11 Å². The molecule has 1 aromatic heterocycles. The van der Waals surface area contributed by atoms with Crippen molar-refractivity contribution in [2.45, 2.75) is 0 Å². The molecule has 0 fully saturated rings. The molecule has 0 bridgehead atoms. The van der Waals surface area contributed by atoms with Gasteiger partial charge in [0.2, 0.25) is 5.75 Å². The van der Waals surface area contributed by atoms with Gasteiger partial charge in [-0.15, -0.1) is 0 Å². The van der Waals surface area contributed by atoms with Crippen molar-refractivity contribution in [3.8, 4) is 11.4 Å². The summed E-state index contributed by atoms with van der Waals surface area (Å²) < 4.78 is 1.64. The highest BCUT2D eigenvalue weighted by Crippen LogP contribution is 2.23. The number of imidazole rings is 1. The first-order valence-electron chi connectivity index (χ1n) is 3.82. The Kier molecular flexibility index (Phi) is 1.66. The second kappa shape index (κ2) is 2.82. The Morgan fingerprint density at radius 2 is 2.23 bits per heavy atom. The molecule has 0 aliphatic rings. The van der Waals surface area contributed by atoms with E-state index >= 15 is 0 Å². The summed E-state index contributed by atoms with van der Waals surface area (Å²) in [6.45, 7) is 0. The molecule has 2 rings (SSSR count). The summed E-state index contributed by atoms with van der Waals surface area (Å²) >= 11 is 0. The summed E-state index contributed by atoms with van der Waals surface area (Å²) in [6, 6.07) is 4.66. The molecule has 0 saturated carbocycles. The Balaban J connectivity index is 2.57. The number of hydrogen-bond donors (Lipinski definition) is 1. The Labute approximate surface area is 75.3 Å². The molecule has 65 valence electrons. The highest BCUT2D eigenvalue weighted by Gasteiger charge is 2.04. The molecule has 0 aliphatic heterocycles. The summed E-state index contributed by atoms with van der Waals surface area (Å²) in [4.78, 5) is 3.85. The van der Waals surface area contributed by atoms with Crippen molar-refractivity contribution in [3.63, 3.8) is 0 Å². The van der Waals surface area contributed by atoms with Crippen LogP contribution < -0.4 is 5.73 Å². The maximum Gasteiger partial charge on any atom is 0.202 e. The summed E-state index contributed by atoms with van der Waals surface area (Å²) in [5.41, 5.74) is 6.66. The van der Waals surface area contributed by atoms with Gasteiger partial charge in [-0.1, -0.05) is 0 Å². The van der Waals surface area contributed by atoms with Gasteiger partial charge >= 0.3 is 0 Å². The zero-order valence-corrected chi connectivity index (χ0v) is 6.84. The minimum Gasteiger partial charge on any atom is -0.399 e. The van der Waals surface area contributed by atoms with E-state index in [0.29, 0.717) is 11.4 Å². The van der Waals surface area contributed by atoms with Crippen LogP contribution in [0.4, 0.5) is 5.69 Å². The predicted molar refractivity (Wildman–Crippen MR) is 48.1 cm³/mol. The highest BCUT2D eigenvalue weighted by molar-refractivity contribution is 5.55. The Morgan fingerprint density at radius 1 is 1.38 bits per heavy atom. The maximum atomic E-state index is 11.4. The summed E-state index contributed by atoms with van der Waals surface area (Å²) in [5.74, 6) is -0.0628. The lowest BCUT2D eigenvalue weighted by Crippen LogP contribution is -1.92. The number of nitrogen functional groups attached to an aromatic ring is 1. The summed E-state index contributed by atoms with van der Waals surface area (Å²) in [6.07, 6.45) is 4.88. The minimum atomic E-state index is -0.0628. The van der Waals surface area contributed by atoms with Crippen LogP contribution in [0.25, 0.3) is 5.69 Å². The fourth-order valence-corrected chi connectivity index (χ4v) is 1.14. The van der Waals surface area contributed by atoms with Gasteiger partial charge in [0.25, 0.3) is 0 Å². The largest absolute Gasteiger partial charge is 0.399 e. The van der Waals surface area contributed by atoms with Gasteiger partial charge in [-0.3, -0.25) is 5.11 Å². The van der Waals surface area contributed by atoms with Gasteiger partial charge in [-0.25, -0.2) is 4.98 Å². The van der Waals surface area contributed by atoms with Crippen LogP contribution in [0.3, 0.4) is 0 Å². The molecule has 0 spiro atoms. The Bertz CT molecular complexity index is 409. The third-order valence-corrected chi connectivity index (χ3v) is 1.77. The van der Waals surface area contributed by atoms with Crippen LogP contribution in [0, 0.1) is 0 Å². The standard InChI is InChI=1S/C9H8N3O/c10-7-1-2-9(13)8(5-7)12-4-3-11-6-12/h1-6H,10H2. The van der Waals surface area contributed by atoms with Gasteiger partial charge in [0.05, 0.1) is 12.0 Å². The predicted octanol–water partition coefficient (Wildman–Crippen LogP) is 1.60. The van der Waals surface area contributed by atoms with Crippen LogP contribution in [-0.4, -0.2) is 9.55 Å². The van der Waals surface area contributed by atoms with Crippen molar-refractivity contribution >= 4 is 5.69 Å². The molecule has 1 aromatic carbocycles. The number of hydrogen-bond acceptors (Lipinski definition) is 2. The second-order valence-corrected chi connectivity index (χ2v) is 2.70. The lowest BCUT2D eigenvalue weighted by Gasteiger charge is -2.03. The molecule has 1 heterocycles. The number of anilines is 1. The highest BCUT2D eigenvalue weighted by atomic mass is 16.3. The quantitative estimate of drug-likeness (QED) is 0.667. The van der Waals surface area contributed by atoms with Crippen LogP contribution in [0.15, 0.2) is 36.9 Å². The van der Waals surface area contributed by atoms with Crippen LogP contribution in [0.2, 0.25) is 0 Å². The summed E-state index contributed by atoms with van der Waals surface area (Å²) in [7, 11) is 0. The fraction of sp³-hybridized carbons (Fsp3) is 0.